The number of hydrogen-bond donors (Lipinski definition) is 0. The highest BCUT2D eigenvalue weighted by atomic mass is 32.2. The number of thioether (sulfide) groups is 1. The first kappa shape index (κ1) is 17.5. The van der Waals surface area contributed by atoms with Gasteiger partial charge in [0.05, 0.1) is 10.6 Å². The summed E-state index contributed by atoms with van der Waals surface area (Å²) in [7, 11) is 0. The van der Waals surface area contributed by atoms with Crippen LogP contribution in [0.3, 0.4) is 0 Å². The molecule has 1 unspecified atom stereocenters. The van der Waals surface area contributed by atoms with Gasteiger partial charge in [-0.15, -0.1) is 0 Å². The van der Waals surface area contributed by atoms with Crippen molar-refractivity contribution in [1.29, 1.82) is 0 Å². The first-order chi connectivity index (χ1) is 10.6. The van der Waals surface area contributed by atoms with E-state index in [1.54, 1.807) is 12.1 Å². The van der Waals surface area contributed by atoms with Crippen LogP contribution in [0.1, 0.15) is 39.7 Å². The van der Waals surface area contributed by atoms with Crippen LogP contribution in [-0.4, -0.2) is 27.7 Å². The summed E-state index contributed by atoms with van der Waals surface area (Å²) >= 11 is 1.15. The maximum atomic E-state index is 12.2. The third kappa shape index (κ3) is 3.90. The molecule has 1 fully saturated rings. The van der Waals surface area contributed by atoms with Crippen molar-refractivity contribution in [2.24, 2.45) is 0 Å². The number of carbonyl (C=O) groups excluding carboxylic acids is 2. The molecule has 0 spiro atoms. The zero-order chi connectivity index (χ0) is 17.4. The molecule has 0 aromatic heterocycles. The molecule has 2 rings (SSSR count). The van der Waals surface area contributed by atoms with Crippen LogP contribution in [0.25, 0.3) is 0 Å². The lowest BCUT2D eigenvalue weighted by Gasteiger charge is -2.21. The van der Waals surface area contributed by atoms with Gasteiger partial charge in [0.2, 0.25) is 5.91 Å². The van der Waals surface area contributed by atoms with Gasteiger partial charge in [0, 0.05) is 36.8 Å². The summed E-state index contributed by atoms with van der Waals surface area (Å²) in [6, 6.07) is 4.91. The molecule has 0 aliphatic carbocycles. The summed E-state index contributed by atoms with van der Waals surface area (Å²) in [5, 5.41) is 11.3. The van der Waals surface area contributed by atoms with E-state index in [9.17, 15) is 19.7 Å². The van der Waals surface area contributed by atoms with Gasteiger partial charge in [-0.25, -0.2) is 0 Å². The molecule has 1 atom stereocenters. The fourth-order valence-electron chi connectivity index (χ4n) is 2.71. The molecular formula is C16H20N2O4S. The highest BCUT2D eigenvalue weighted by Crippen LogP contribution is 2.36. The number of nitrogens with zero attached hydrogens (tertiary/aromatic N) is 2. The molecule has 1 saturated heterocycles. The number of anilines is 1. The highest BCUT2D eigenvalue weighted by molar-refractivity contribution is 8.14. The first-order valence-corrected chi connectivity index (χ1v) is 8.24. The smallest absolute Gasteiger partial charge is 0.275 e. The zero-order valence-electron chi connectivity index (χ0n) is 13.7. The molecule has 23 heavy (non-hydrogen) atoms. The van der Waals surface area contributed by atoms with E-state index < -0.39 is 4.92 Å². The normalized spacial score (nSPS) is 18.3. The summed E-state index contributed by atoms with van der Waals surface area (Å²) in [6.07, 6.45) is 0.277. The minimum Gasteiger partial charge on any atom is -0.311 e. The van der Waals surface area contributed by atoms with Crippen molar-refractivity contribution in [3.05, 3.63) is 33.9 Å². The molecule has 1 aliphatic rings. The maximum Gasteiger partial charge on any atom is 0.275 e. The van der Waals surface area contributed by atoms with Gasteiger partial charge in [0.1, 0.15) is 0 Å². The Labute approximate surface area is 139 Å². The molecule has 124 valence electrons. The predicted molar refractivity (Wildman–Crippen MR) is 90.8 cm³/mol. The van der Waals surface area contributed by atoms with Gasteiger partial charge in [0.15, 0.2) is 5.12 Å². The topological polar surface area (TPSA) is 80.5 Å². The second kappa shape index (κ2) is 6.31. The third-order valence-electron chi connectivity index (χ3n) is 3.72. The van der Waals surface area contributed by atoms with Gasteiger partial charge < -0.3 is 4.90 Å². The summed E-state index contributed by atoms with van der Waals surface area (Å²) in [5.74, 6) is -0.110. The van der Waals surface area contributed by atoms with Gasteiger partial charge in [-0.3, -0.25) is 19.7 Å². The Balaban J connectivity index is 2.34. The largest absolute Gasteiger partial charge is 0.311 e. The molecular weight excluding hydrogens is 316 g/mol. The summed E-state index contributed by atoms with van der Waals surface area (Å²) in [4.78, 5) is 35.9. The van der Waals surface area contributed by atoms with Crippen molar-refractivity contribution in [2.45, 2.75) is 44.8 Å². The average Bonchev–Trinajstić information content (AvgIpc) is 2.76. The molecule has 0 radical (unpaired) electrons. The number of rotatable bonds is 3. The van der Waals surface area contributed by atoms with Crippen LogP contribution in [-0.2, 0) is 15.0 Å². The molecule has 0 N–H and O–H groups in total. The predicted octanol–water partition coefficient (Wildman–Crippen LogP) is 3.28. The molecule has 1 amide bonds. The van der Waals surface area contributed by atoms with Crippen molar-refractivity contribution in [3.63, 3.8) is 0 Å². The second-order valence-corrected chi connectivity index (χ2v) is 8.13. The summed E-state index contributed by atoms with van der Waals surface area (Å²) in [6.45, 7) is 7.61. The van der Waals surface area contributed by atoms with Crippen LogP contribution in [0.2, 0.25) is 0 Å². The van der Waals surface area contributed by atoms with Gasteiger partial charge in [-0.2, -0.15) is 0 Å². The number of amides is 1. The SMILES string of the molecule is CC(=O)SC1CC(=O)N(c2ccc(C(C)(C)C)c([N+](=O)[O-])c2)C1. The number of carbonyl (C=O) groups is 2. The quantitative estimate of drug-likeness (QED) is 0.625. The Morgan fingerprint density at radius 2 is 2.04 bits per heavy atom. The molecule has 0 saturated carbocycles. The first-order valence-electron chi connectivity index (χ1n) is 7.36. The molecule has 1 aromatic rings. The fourth-order valence-corrected chi connectivity index (χ4v) is 3.63. The average molecular weight is 336 g/mol. The molecule has 7 heteroatoms. The lowest BCUT2D eigenvalue weighted by Crippen LogP contribution is -2.25. The summed E-state index contributed by atoms with van der Waals surface area (Å²) < 4.78 is 0. The standard InChI is InChI=1S/C16H20N2O4S/c1-10(19)23-12-8-15(20)17(9-12)11-5-6-13(16(2,3)4)14(7-11)18(21)22/h5-7,12H,8-9H2,1-4H3. The Kier molecular flexibility index (Phi) is 4.79. The van der Waals surface area contributed by atoms with Crippen LogP contribution < -0.4 is 4.90 Å². The Bertz CT molecular complexity index is 667. The number of nitro groups is 1. The molecule has 0 bridgehead atoms. The van der Waals surface area contributed by atoms with Gasteiger partial charge >= 0.3 is 0 Å². The van der Waals surface area contributed by atoms with Crippen LogP contribution in [0, 0.1) is 10.1 Å². The van der Waals surface area contributed by atoms with Crippen molar-refractivity contribution in [1.82, 2.24) is 0 Å². The van der Waals surface area contributed by atoms with Crippen LogP contribution >= 0.6 is 11.8 Å². The van der Waals surface area contributed by atoms with Crippen molar-refractivity contribution in [2.75, 3.05) is 11.4 Å². The van der Waals surface area contributed by atoms with Crippen molar-refractivity contribution in [3.8, 4) is 0 Å². The lowest BCUT2D eigenvalue weighted by molar-refractivity contribution is -0.385. The maximum absolute atomic E-state index is 12.2. The Morgan fingerprint density at radius 1 is 1.39 bits per heavy atom. The van der Waals surface area contributed by atoms with E-state index in [1.807, 2.05) is 20.8 Å². The van der Waals surface area contributed by atoms with E-state index in [-0.39, 0.29) is 33.8 Å². The van der Waals surface area contributed by atoms with E-state index >= 15 is 0 Å². The molecule has 1 heterocycles. The Hall–Kier alpha value is -1.89. The third-order valence-corrected chi connectivity index (χ3v) is 4.70. The highest BCUT2D eigenvalue weighted by Gasteiger charge is 2.33. The van der Waals surface area contributed by atoms with E-state index in [0.717, 1.165) is 11.8 Å². The molecule has 6 nitrogen and oxygen atoms in total. The summed E-state index contributed by atoms with van der Waals surface area (Å²) in [5.41, 5.74) is 0.808. The van der Waals surface area contributed by atoms with Crippen LogP contribution in [0.4, 0.5) is 11.4 Å². The van der Waals surface area contributed by atoms with E-state index in [4.69, 9.17) is 0 Å². The van der Waals surface area contributed by atoms with Crippen molar-refractivity contribution < 1.29 is 14.5 Å². The minimum absolute atomic E-state index is 0.0190. The minimum atomic E-state index is -0.410. The van der Waals surface area contributed by atoms with Gasteiger partial charge in [0.25, 0.3) is 5.69 Å². The second-order valence-electron chi connectivity index (χ2n) is 6.65. The van der Waals surface area contributed by atoms with Gasteiger partial charge in [-0.05, 0) is 17.5 Å². The van der Waals surface area contributed by atoms with Crippen LogP contribution in [0.15, 0.2) is 18.2 Å². The van der Waals surface area contributed by atoms with Crippen LogP contribution in [0.5, 0.6) is 0 Å². The molecule has 1 aliphatic heterocycles. The monoisotopic (exact) mass is 336 g/mol. The van der Waals surface area contributed by atoms with E-state index in [2.05, 4.69) is 0 Å². The number of nitro benzene ring substituents is 1. The Morgan fingerprint density at radius 3 is 2.57 bits per heavy atom. The molecule has 1 aromatic carbocycles. The zero-order valence-corrected chi connectivity index (χ0v) is 14.5. The fraction of sp³-hybridized carbons (Fsp3) is 0.500. The number of hydrogen-bond acceptors (Lipinski definition) is 5. The van der Waals surface area contributed by atoms with Crippen molar-refractivity contribution >= 4 is 34.2 Å². The van der Waals surface area contributed by atoms with E-state index in [0.29, 0.717) is 17.8 Å². The van der Waals surface area contributed by atoms with E-state index in [1.165, 1.54) is 17.9 Å². The van der Waals surface area contributed by atoms with Gasteiger partial charge in [-0.1, -0.05) is 32.5 Å². The lowest BCUT2D eigenvalue weighted by atomic mass is 9.85. The number of benzene rings is 1.